The lowest BCUT2D eigenvalue weighted by molar-refractivity contribution is -0.386. The van der Waals surface area contributed by atoms with Gasteiger partial charge in [0.1, 0.15) is 6.04 Å². The largest absolute Gasteiger partial charge is 0.480 e. The topological polar surface area (TPSA) is 104 Å². The van der Waals surface area contributed by atoms with Crippen molar-refractivity contribution < 1.29 is 19.6 Å². The van der Waals surface area contributed by atoms with Crippen LogP contribution in [-0.4, -0.2) is 51.0 Å². The number of nitro benzene ring substituents is 1. The van der Waals surface area contributed by atoms with Crippen LogP contribution < -0.4 is 0 Å². The predicted octanol–water partition coefficient (Wildman–Crippen LogP) is 2.64. The van der Waals surface area contributed by atoms with E-state index in [1.54, 1.807) is 45.9 Å². The van der Waals surface area contributed by atoms with Crippen molar-refractivity contribution in [1.82, 2.24) is 9.80 Å². The lowest BCUT2D eigenvalue weighted by Crippen LogP contribution is -2.50. The maximum Gasteiger partial charge on any atom is 0.327 e. The van der Waals surface area contributed by atoms with Crippen molar-refractivity contribution in [2.75, 3.05) is 13.1 Å². The van der Waals surface area contributed by atoms with E-state index < -0.39 is 28.4 Å². The standard InChI is InChI=1S/C17H23N3O5/c1-11-6-5-7-12(13(11)20(24)25)10-18-8-9-19(16(18)23)14(15(21)22)17(2,3)4/h5-7,14H,8-10H2,1-4H3,(H,21,22). The molecule has 0 aromatic heterocycles. The molecule has 136 valence electrons. The zero-order valence-corrected chi connectivity index (χ0v) is 14.9. The fraction of sp³-hybridized carbons (Fsp3) is 0.529. The smallest absolute Gasteiger partial charge is 0.327 e. The Labute approximate surface area is 146 Å². The molecule has 0 spiro atoms. The van der Waals surface area contributed by atoms with Gasteiger partial charge in [-0.1, -0.05) is 39.0 Å². The number of benzene rings is 1. The molecule has 1 N–H and O–H groups in total. The average molecular weight is 349 g/mol. The van der Waals surface area contributed by atoms with Gasteiger partial charge in [-0.3, -0.25) is 10.1 Å². The highest BCUT2D eigenvalue weighted by Crippen LogP contribution is 2.30. The summed E-state index contributed by atoms with van der Waals surface area (Å²) in [6.45, 7) is 7.67. The summed E-state index contributed by atoms with van der Waals surface area (Å²) in [6.07, 6.45) is 0. The van der Waals surface area contributed by atoms with Gasteiger partial charge in [-0.15, -0.1) is 0 Å². The Balaban J connectivity index is 2.25. The number of hydrogen-bond acceptors (Lipinski definition) is 4. The van der Waals surface area contributed by atoms with Gasteiger partial charge in [-0.25, -0.2) is 9.59 Å². The molecular formula is C17H23N3O5. The van der Waals surface area contributed by atoms with Crippen LogP contribution in [0, 0.1) is 22.5 Å². The van der Waals surface area contributed by atoms with Crippen molar-refractivity contribution in [3.05, 3.63) is 39.4 Å². The predicted molar refractivity (Wildman–Crippen MR) is 91.2 cm³/mol. The number of para-hydroxylation sites is 1. The summed E-state index contributed by atoms with van der Waals surface area (Å²) in [5.74, 6) is -1.05. The van der Waals surface area contributed by atoms with Crippen LogP contribution in [0.3, 0.4) is 0 Å². The Morgan fingerprint density at radius 2 is 2.00 bits per heavy atom. The molecule has 1 aromatic carbocycles. The summed E-state index contributed by atoms with van der Waals surface area (Å²) in [6, 6.07) is 3.64. The fourth-order valence-electron chi connectivity index (χ4n) is 3.27. The number of carboxylic acid groups (broad SMARTS) is 1. The number of nitro groups is 1. The number of carbonyl (C=O) groups is 2. The third-order valence-electron chi connectivity index (χ3n) is 4.36. The fourth-order valence-corrected chi connectivity index (χ4v) is 3.27. The van der Waals surface area contributed by atoms with Gasteiger partial charge in [-0.05, 0) is 12.3 Å². The SMILES string of the molecule is Cc1cccc(CN2CCN(C(C(=O)O)C(C)(C)C)C2=O)c1[N+](=O)[O-]. The molecule has 8 nitrogen and oxygen atoms in total. The molecule has 0 radical (unpaired) electrons. The summed E-state index contributed by atoms with van der Waals surface area (Å²) < 4.78 is 0. The first-order valence-corrected chi connectivity index (χ1v) is 8.05. The molecule has 1 aromatic rings. The van der Waals surface area contributed by atoms with E-state index in [2.05, 4.69) is 0 Å². The molecule has 0 bridgehead atoms. The maximum atomic E-state index is 12.7. The molecule has 1 saturated heterocycles. The van der Waals surface area contributed by atoms with E-state index in [1.807, 2.05) is 0 Å². The summed E-state index contributed by atoms with van der Waals surface area (Å²) in [5.41, 5.74) is 0.360. The van der Waals surface area contributed by atoms with Crippen LogP contribution in [0.4, 0.5) is 10.5 Å². The second-order valence-corrected chi connectivity index (χ2v) is 7.34. The van der Waals surface area contributed by atoms with Gasteiger partial charge in [0.05, 0.1) is 11.5 Å². The summed E-state index contributed by atoms with van der Waals surface area (Å²) >= 11 is 0. The van der Waals surface area contributed by atoms with Crippen molar-refractivity contribution in [3.63, 3.8) is 0 Å². The minimum atomic E-state index is -1.05. The highest BCUT2D eigenvalue weighted by molar-refractivity contribution is 5.84. The van der Waals surface area contributed by atoms with Crippen LogP contribution in [0.1, 0.15) is 31.9 Å². The normalized spacial score (nSPS) is 16.2. The van der Waals surface area contributed by atoms with Crippen molar-refractivity contribution in [2.24, 2.45) is 5.41 Å². The first-order valence-electron chi connectivity index (χ1n) is 8.05. The molecule has 1 aliphatic rings. The van der Waals surface area contributed by atoms with E-state index in [1.165, 1.54) is 9.80 Å². The molecule has 2 rings (SSSR count). The number of amides is 2. The first kappa shape index (κ1) is 18.7. The van der Waals surface area contributed by atoms with E-state index in [0.717, 1.165) is 0 Å². The zero-order chi connectivity index (χ0) is 18.9. The van der Waals surface area contributed by atoms with Gasteiger partial charge in [0.15, 0.2) is 0 Å². The summed E-state index contributed by atoms with van der Waals surface area (Å²) in [5, 5.41) is 20.8. The van der Waals surface area contributed by atoms with E-state index in [0.29, 0.717) is 17.7 Å². The Bertz CT molecular complexity index is 711. The molecule has 0 saturated carbocycles. The number of rotatable bonds is 5. The van der Waals surface area contributed by atoms with E-state index in [4.69, 9.17) is 0 Å². The van der Waals surface area contributed by atoms with E-state index in [-0.39, 0.29) is 18.8 Å². The van der Waals surface area contributed by atoms with Crippen LogP contribution in [-0.2, 0) is 11.3 Å². The quantitative estimate of drug-likeness (QED) is 0.650. The Hall–Kier alpha value is -2.64. The molecule has 1 heterocycles. The Kier molecular flexibility index (Phi) is 5.01. The van der Waals surface area contributed by atoms with Gasteiger partial charge >= 0.3 is 12.0 Å². The molecule has 25 heavy (non-hydrogen) atoms. The third-order valence-corrected chi connectivity index (χ3v) is 4.36. The minimum absolute atomic E-state index is 0.000596. The van der Waals surface area contributed by atoms with Gasteiger partial charge in [0.2, 0.25) is 0 Å². The van der Waals surface area contributed by atoms with Crippen LogP contribution >= 0.6 is 0 Å². The number of nitrogens with zero attached hydrogens (tertiary/aromatic N) is 3. The van der Waals surface area contributed by atoms with Crippen LogP contribution in [0.25, 0.3) is 0 Å². The van der Waals surface area contributed by atoms with E-state index >= 15 is 0 Å². The number of hydrogen-bond donors (Lipinski definition) is 1. The molecule has 1 atom stereocenters. The monoisotopic (exact) mass is 349 g/mol. The first-order chi connectivity index (χ1) is 11.5. The molecule has 1 aliphatic heterocycles. The second-order valence-electron chi connectivity index (χ2n) is 7.34. The molecule has 1 unspecified atom stereocenters. The Morgan fingerprint density at radius 1 is 1.36 bits per heavy atom. The van der Waals surface area contributed by atoms with Crippen LogP contribution in [0.15, 0.2) is 18.2 Å². The summed E-state index contributed by atoms with van der Waals surface area (Å²) in [7, 11) is 0. The molecule has 1 fully saturated rings. The van der Waals surface area contributed by atoms with Gasteiger partial charge < -0.3 is 14.9 Å². The van der Waals surface area contributed by atoms with Gasteiger partial charge in [-0.2, -0.15) is 0 Å². The molecule has 0 aliphatic carbocycles. The third kappa shape index (κ3) is 3.72. The highest BCUT2D eigenvalue weighted by atomic mass is 16.6. The zero-order valence-electron chi connectivity index (χ0n) is 14.9. The van der Waals surface area contributed by atoms with Crippen molar-refractivity contribution in [2.45, 2.75) is 40.3 Å². The van der Waals surface area contributed by atoms with Crippen molar-refractivity contribution in [1.29, 1.82) is 0 Å². The van der Waals surface area contributed by atoms with Gasteiger partial charge in [0, 0.05) is 24.2 Å². The molecule has 8 heteroatoms. The van der Waals surface area contributed by atoms with Crippen LogP contribution in [0.2, 0.25) is 0 Å². The second kappa shape index (κ2) is 6.70. The lowest BCUT2D eigenvalue weighted by atomic mass is 9.86. The number of aryl methyl sites for hydroxylation is 1. The number of urea groups is 1. The van der Waals surface area contributed by atoms with Gasteiger partial charge in [0.25, 0.3) is 5.69 Å². The van der Waals surface area contributed by atoms with E-state index in [9.17, 15) is 24.8 Å². The molecular weight excluding hydrogens is 326 g/mol. The lowest BCUT2D eigenvalue weighted by Gasteiger charge is -2.34. The number of carbonyl (C=O) groups excluding carboxylic acids is 1. The average Bonchev–Trinajstić information content (AvgIpc) is 2.78. The number of carboxylic acids is 1. The van der Waals surface area contributed by atoms with Crippen molar-refractivity contribution in [3.8, 4) is 0 Å². The minimum Gasteiger partial charge on any atom is -0.480 e. The highest BCUT2D eigenvalue weighted by Gasteiger charge is 2.43. The Morgan fingerprint density at radius 3 is 2.52 bits per heavy atom. The summed E-state index contributed by atoms with van der Waals surface area (Å²) in [4.78, 5) is 38.0. The number of aliphatic carboxylic acids is 1. The van der Waals surface area contributed by atoms with Crippen LogP contribution in [0.5, 0.6) is 0 Å². The van der Waals surface area contributed by atoms with Crippen molar-refractivity contribution >= 4 is 17.7 Å². The molecule has 2 amide bonds. The maximum absolute atomic E-state index is 12.7.